The van der Waals surface area contributed by atoms with Crippen LogP contribution >= 0.6 is 0 Å². The molecule has 4 rings (SSSR count). The van der Waals surface area contributed by atoms with Gasteiger partial charge in [-0.2, -0.15) is 0 Å². The van der Waals surface area contributed by atoms with Crippen LogP contribution in [0.15, 0.2) is 48.7 Å². The van der Waals surface area contributed by atoms with Crippen LogP contribution in [0.2, 0.25) is 0 Å². The molecule has 2 aromatic rings. The van der Waals surface area contributed by atoms with E-state index in [0.29, 0.717) is 6.04 Å². The van der Waals surface area contributed by atoms with Gasteiger partial charge >= 0.3 is 0 Å². The topological polar surface area (TPSA) is 45.5 Å². The van der Waals surface area contributed by atoms with E-state index in [0.717, 1.165) is 37.2 Å². The minimum atomic E-state index is -0.432. The zero-order valence-electron chi connectivity index (χ0n) is 13.8. The summed E-state index contributed by atoms with van der Waals surface area (Å²) in [6, 6.07) is 14.3. The number of carbonyl (C=O) groups excluding carboxylic acids is 1. The summed E-state index contributed by atoms with van der Waals surface area (Å²) in [7, 11) is 0. The van der Waals surface area contributed by atoms with Gasteiger partial charge in [-0.3, -0.25) is 4.79 Å². The number of aromatic nitrogens is 1. The summed E-state index contributed by atoms with van der Waals surface area (Å²) in [5.41, 5.74) is 1.80. The fourth-order valence-electron chi connectivity index (χ4n) is 3.75. The SMILES string of the molecule is O=C(c1cccn1C1CC1)N1CCC(C(O)c2ccccc2)CC1. The third kappa shape index (κ3) is 2.98. The highest BCUT2D eigenvalue weighted by Crippen LogP contribution is 2.37. The number of hydrogen-bond acceptors (Lipinski definition) is 2. The quantitative estimate of drug-likeness (QED) is 0.937. The van der Waals surface area contributed by atoms with Gasteiger partial charge in [-0.05, 0) is 49.3 Å². The number of likely N-dealkylation sites (tertiary alicyclic amines) is 1. The van der Waals surface area contributed by atoms with E-state index in [1.165, 1.54) is 12.8 Å². The maximum absolute atomic E-state index is 12.8. The third-order valence-electron chi connectivity index (χ3n) is 5.35. The second-order valence-electron chi connectivity index (χ2n) is 7.02. The molecule has 1 amide bonds. The van der Waals surface area contributed by atoms with E-state index in [-0.39, 0.29) is 11.8 Å². The van der Waals surface area contributed by atoms with Gasteiger partial charge in [-0.25, -0.2) is 0 Å². The highest BCUT2D eigenvalue weighted by molar-refractivity contribution is 5.93. The molecule has 0 bridgehead atoms. The standard InChI is InChI=1S/C20H24N2O2/c23-19(15-5-2-1-3-6-15)16-10-13-21(14-11-16)20(24)18-7-4-12-22(18)17-8-9-17/h1-7,12,16-17,19,23H,8-11,13-14H2. The Hall–Kier alpha value is -2.07. The van der Waals surface area contributed by atoms with Crippen molar-refractivity contribution in [2.75, 3.05) is 13.1 Å². The van der Waals surface area contributed by atoms with Gasteiger partial charge in [-0.1, -0.05) is 30.3 Å². The van der Waals surface area contributed by atoms with Gasteiger partial charge in [0.15, 0.2) is 0 Å². The molecule has 1 saturated heterocycles. The lowest BCUT2D eigenvalue weighted by atomic mass is 9.87. The first kappa shape index (κ1) is 15.5. The Labute approximate surface area is 142 Å². The molecular weight excluding hydrogens is 300 g/mol. The molecule has 1 aromatic carbocycles. The lowest BCUT2D eigenvalue weighted by Crippen LogP contribution is -2.40. The number of carbonyl (C=O) groups is 1. The first-order chi connectivity index (χ1) is 11.7. The Bertz CT molecular complexity index is 697. The molecule has 0 radical (unpaired) electrons. The predicted molar refractivity (Wildman–Crippen MR) is 92.7 cm³/mol. The Balaban J connectivity index is 1.39. The number of aliphatic hydroxyl groups is 1. The van der Waals surface area contributed by atoms with Crippen LogP contribution in [-0.4, -0.2) is 33.6 Å². The van der Waals surface area contributed by atoms with E-state index in [9.17, 15) is 9.90 Å². The second-order valence-corrected chi connectivity index (χ2v) is 7.02. The third-order valence-corrected chi connectivity index (χ3v) is 5.35. The van der Waals surface area contributed by atoms with Crippen LogP contribution in [0.3, 0.4) is 0 Å². The normalized spacial score (nSPS) is 20.1. The monoisotopic (exact) mass is 324 g/mol. The van der Waals surface area contributed by atoms with Crippen molar-refractivity contribution in [3.8, 4) is 0 Å². The highest BCUT2D eigenvalue weighted by atomic mass is 16.3. The molecule has 0 spiro atoms. The number of hydrogen-bond donors (Lipinski definition) is 1. The molecule has 2 aliphatic rings. The van der Waals surface area contributed by atoms with Crippen LogP contribution in [0.5, 0.6) is 0 Å². The molecule has 2 heterocycles. The number of nitrogens with zero attached hydrogens (tertiary/aromatic N) is 2. The van der Waals surface area contributed by atoms with Gasteiger partial charge in [0.2, 0.25) is 0 Å². The molecule has 1 aromatic heterocycles. The van der Waals surface area contributed by atoms with Crippen molar-refractivity contribution >= 4 is 5.91 Å². The van der Waals surface area contributed by atoms with E-state index < -0.39 is 6.10 Å². The van der Waals surface area contributed by atoms with Crippen LogP contribution in [0.1, 0.15) is 53.9 Å². The number of aliphatic hydroxyl groups excluding tert-OH is 1. The minimum absolute atomic E-state index is 0.138. The molecule has 126 valence electrons. The smallest absolute Gasteiger partial charge is 0.270 e. The van der Waals surface area contributed by atoms with Crippen LogP contribution in [0.25, 0.3) is 0 Å². The van der Waals surface area contributed by atoms with Crippen molar-refractivity contribution in [2.24, 2.45) is 5.92 Å². The van der Waals surface area contributed by atoms with Crippen LogP contribution in [-0.2, 0) is 0 Å². The number of benzene rings is 1. The zero-order chi connectivity index (χ0) is 16.5. The molecule has 1 aliphatic carbocycles. The van der Waals surface area contributed by atoms with Crippen molar-refractivity contribution in [1.29, 1.82) is 0 Å². The van der Waals surface area contributed by atoms with Gasteiger partial charge in [0.25, 0.3) is 5.91 Å². The Morgan fingerprint density at radius 3 is 2.38 bits per heavy atom. The fraction of sp³-hybridized carbons (Fsp3) is 0.450. The number of rotatable bonds is 4. The summed E-state index contributed by atoms with van der Waals surface area (Å²) in [4.78, 5) is 14.7. The van der Waals surface area contributed by atoms with Crippen LogP contribution in [0, 0.1) is 5.92 Å². The maximum Gasteiger partial charge on any atom is 0.270 e. The zero-order valence-corrected chi connectivity index (χ0v) is 13.8. The Morgan fingerprint density at radius 1 is 1.00 bits per heavy atom. The molecule has 4 heteroatoms. The van der Waals surface area contributed by atoms with Gasteiger partial charge in [0.05, 0.1) is 6.10 Å². The molecule has 1 aliphatic heterocycles. The van der Waals surface area contributed by atoms with Gasteiger partial charge in [0, 0.05) is 25.3 Å². The molecule has 24 heavy (non-hydrogen) atoms. The molecule has 2 fully saturated rings. The molecular formula is C20H24N2O2. The largest absolute Gasteiger partial charge is 0.388 e. The number of amides is 1. The first-order valence-corrected chi connectivity index (χ1v) is 8.93. The van der Waals surface area contributed by atoms with Crippen molar-refractivity contribution in [3.63, 3.8) is 0 Å². The van der Waals surface area contributed by atoms with Gasteiger partial charge < -0.3 is 14.6 Å². The molecule has 1 N–H and O–H groups in total. The van der Waals surface area contributed by atoms with Crippen molar-refractivity contribution in [1.82, 2.24) is 9.47 Å². The van der Waals surface area contributed by atoms with E-state index in [2.05, 4.69) is 4.57 Å². The van der Waals surface area contributed by atoms with Crippen molar-refractivity contribution < 1.29 is 9.90 Å². The first-order valence-electron chi connectivity index (χ1n) is 8.93. The number of piperidine rings is 1. The summed E-state index contributed by atoms with van der Waals surface area (Å²) < 4.78 is 2.13. The van der Waals surface area contributed by atoms with E-state index in [1.54, 1.807) is 0 Å². The van der Waals surface area contributed by atoms with Gasteiger partial charge in [-0.15, -0.1) is 0 Å². The van der Waals surface area contributed by atoms with Crippen molar-refractivity contribution in [2.45, 2.75) is 37.8 Å². The Kier molecular flexibility index (Phi) is 4.15. The maximum atomic E-state index is 12.8. The van der Waals surface area contributed by atoms with E-state index >= 15 is 0 Å². The second kappa shape index (κ2) is 6.44. The van der Waals surface area contributed by atoms with Crippen molar-refractivity contribution in [3.05, 3.63) is 59.9 Å². The fourth-order valence-corrected chi connectivity index (χ4v) is 3.75. The predicted octanol–water partition coefficient (Wildman–Crippen LogP) is 3.41. The summed E-state index contributed by atoms with van der Waals surface area (Å²) in [6.07, 6.45) is 5.66. The summed E-state index contributed by atoms with van der Waals surface area (Å²) in [5.74, 6) is 0.367. The average molecular weight is 324 g/mol. The summed E-state index contributed by atoms with van der Waals surface area (Å²) in [5, 5.41) is 10.6. The Morgan fingerprint density at radius 2 is 1.71 bits per heavy atom. The molecule has 1 atom stereocenters. The van der Waals surface area contributed by atoms with Crippen LogP contribution in [0.4, 0.5) is 0 Å². The lowest BCUT2D eigenvalue weighted by Gasteiger charge is -2.34. The molecule has 1 saturated carbocycles. The highest BCUT2D eigenvalue weighted by Gasteiger charge is 2.32. The molecule has 4 nitrogen and oxygen atoms in total. The van der Waals surface area contributed by atoms with E-state index in [4.69, 9.17) is 0 Å². The minimum Gasteiger partial charge on any atom is -0.388 e. The summed E-state index contributed by atoms with van der Waals surface area (Å²) in [6.45, 7) is 1.45. The van der Waals surface area contributed by atoms with Crippen LogP contribution < -0.4 is 0 Å². The molecule has 1 unspecified atom stereocenters. The van der Waals surface area contributed by atoms with Gasteiger partial charge in [0.1, 0.15) is 5.69 Å². The summed E-state index contributed by atoms with van der Waals surface area (Å²) >= 11 is 0. The van der Waals surface area contributed by atoms with E-state index in [1.807, 2.05) is 53.6 Å². The lowest BCUT2D eigenvalue weighted by molar-refractivity contribution is 0.0455. The average Bonchev–Trinajstić information content (AvgIpc) is 3.38.